The number of allylic oxidation sites excluding steroid dienone is 2. The van der Waals surface area contributed by atoms with E-state index in [1.807, 2.05) is 30.3 Å². The van der Waals surface area contributed by atoms with Gasteiger partial charge in [-0.3, -0.25) is 0 Å². The van der Waals surface area contributed by atoms with Gasteiger partial charge in [0.1, 0.15) is 12.7 Å². The minimum Gasteiger partial charge on any atom is -0.445 e. The van der Waals surface area contributed by atoms with E-state index in [0.717, 1.165) is 5.56 Å². The van der Waals surface area contributed by atoms with Crippen LogP contribution >= 0.6 is 11.6 Å². The molecule has 2 aromatic carbocycles. The summed E-state index contributed by atoms with van der Waals surface area (Å²) in [6, 6.07) is 22.4. The van der Waals surface area contributed by atoms with E-state index in [9.17, 15) is 20.6 Å². The molecule has 0 bridgehead atoms. The van der Waals surface area contributed by atoms with Crippen molar-refractivity contribution in [3.63, 3.8) is 0 Å². The van der Waals surface area contributed by atoms with Crippen LogP contribution in [0.25, 0.3) is 0 Å². The Labute approximate surface area is 202 Å². The Morgan fingerprint density at radius 1 is 1.12 bits per heavy atom. The number of nitrogens with two attached hydrogens (primary N) is 1. The predicted octanol–water partition coefficient (Wildman–Crippen LogP) is 4.40. The molecule has 0 fully saturated rings. The molecule has 0 saturated heterocycles. The lowest BCUT2D eigenvalue weighted by atomic mass is 9.58. The number of hydrogen-bond donors (Lipinski definition) is 1. The van der Waals surface area contributed by atoms with E-state index in [4.69, 9.17) is 22.1 Å². The predicted molar refractivity (Wildman–Crippen MR) is 124 cm³/mol. The molecule has 0 saturated carbocycles. The van der Waals surface area contributed by atoms with Crippen LogP contribution in [0, 0.1) is 45.3 Å². The number of hydrogen-bond acceptors (Lipinski definition) is 6. The molecule has 7 nitrogen and oxygen atoms in total. The summed E-state index contributed by atoms with van der Waals surface area (Å²) >= 11 is 6.50. The van der Waals surface area contributed by atoms with Crippen LogP contribution in [0.2, 0.25) is 5.02 Å². The third-order valence-corrected chi connectivity index (χ3v) is 6.71. The maximum absolute atomic E-state index is 12.9. The summed E-state index contributed by atoms with van der Waals surface area (Å²) in [5.41, 5.74) is 6.52. The maximum Gasteiger partial charge on any atom is 0.410 e. The zero-order valence-corrected chi connectivity index (χ0v) is 18.9. The third-order valence-electron chi connectivity index (χ3n) is 6.37. The average molecular weight is 470 g/mol. The van der Waals surface area contributed by atoms with Gasteiger partial charge in [0.15, 0.2) is 5.41 Å². The van der Waals surface area contributed by atoms with Gasteiger partial charge in [-0.25, -0.2) is 4.79 Å². The second kappa shape index (κ2) is 9.32. The molecule has 2 aliphatic rings. The molecule has 1 amide bonds. The molecule has 34 heavy (non-hydrogen) atoms. The second-order valence-corrected chi connectivity index (χ2v) is 8.55. The second-order valence-electron chi connectivity index (χ2n) is 8.14. The SMILES string of the molecule is N#CC1=C(N)C(C#N)(C#N)[C@@H](c2ccccc2Cl)[C@@H]2CN(C(=O)OCc3ccccc3)CC=C12. The molecule has 1 aliphatic heterocycles. The highest BCUT2D eigenvalue weighted by molar-refractivity contribution is 6.31. The van der Waals surface area contributed by atoms with Gasteiger partial charge < -0.3 is 15.4 Å². The van der Waals surface area contributed by atoms with Crippen LogP contribution in [0.5, 0.6) is 0 Å². The molecule has 0 aromatic heterocycles. The molecule has 1 aliphatic carbocycles. The van der Waals surface area contributed by atoms with Crippen molar-refractivity contribution < 1.29 is 9.53 Å². The van der Waals surface area contributed by atoms with E-state index in [1.165, 1.54) is 4.90 Å². The van der Waals surface area contributed by atoms with Crippen LogP contribution in [-0.2, 0) is 11.3 Å². The fraction of sp³-hybridized carbons (Fsp3) is 0.231. The molecule has 0 spiro atoms. The lowest BCUT2D eigenvalue weighted by molar-refractivity contribution is 0.0898. The van der Waals surface area contributed by atoms with Crippen LogP contribution in [0.1, 0.15) is 17.0 Å². The molecule has 1 heterocycles. The molecular weight excluding hydrogens is 450 g/mol. The van der Waals surface area contributed by atoms with Crippen LogP contribution in [0.3, 0.4) is 0 Å². The molecule has 0 radical (unpaired) electrons. The Hall–Kier alpha value is -4.25. The number of carbonyl (C=O) groups is 1. The van der Waals surface area contributed by atoms with Gasteiger partial charge in [0.2, 0.25) is 0 Å². The van der Waals surface area contributed by atoms with Crippen molar-refractivity contribution in [2.24, 2.45) is 17.1 Å². The summed E-state index contributed by atoms with van der Waals surface area (Å²) in [6.07, 6.45) is 1.21. The van der Waals surface area contributed by atoms with Gasteiger partial charge in [0.25, 0.3) is 0 Å². The Bertz CT molecular complexity index is 1300. The first-order valence-electron chi connectivity index (χ1n) is 10.6. The number of carbonyl (C=O) groups excluding carboxylic acids is 1. The van der Waals surface area contributed by atoms with Crippen molar-refractivity contribution in [1.29, 1.82) is 15.8 Å². The Morgan fingerprint density at radius 2 is 1.79 bits per heavy atom. The molecule has 8 heteroatoms. The van der Waals surface area contributed by atoms with Crippen molar-refractivity contribution in [2.45, 2.75) is 12.5 Å². The molecule has 2 N–H and O–H groups in total. The highest BCUT2D eigenvalue weighted by Gasteiger charge is 2.55. The first-order valence-corrected chi connectivity index (χ1v) is 11.0. The van der Waals surface area contributed by atoms with Crippen molar-refractivity contribution in [3.05, 3.63) is 93.7 Å². The number of ether oxygens (including phenoxy) is 1. The van der Waals surface area contributed by atoms with Crippen LogP contribution in [-0.4, -0.2) is 24.1 Å². The smallest absolute Gasteiger partial charge is 0.410 e. The highest BCUT2D eigenvalue weighted by Crippen LogP contribution is 2.55. The zero-order valence-electron chi connectivity index (χ0n) is 18.1. The summed E-state index contributed by atoms with van der Waals surface area (Å²) in [4.78, 5) is 14.4. The van der Waals surface area contributed by atoms with E-state index >= 15 is 0 Å². The van der Waals surface area contributed by atoms with Gasteiger partial charge in [-0.2, -0.15) is 15.8 Å². The monoisotopic (exact) mass is 469 g/mol. The topological polar surface area (TPSA) is 127 Å². The normalized spacial score (nSPS) is 20.8. The van der Waals surface area contributed by atoms with Crippen molar-refractivity contribution in [3.8, 4) is 18.2 Å². The van der Waals surface area contributed by atoms with Gasteiger partial charge in [0.05, 0.1) is 23.4 Å². The standard InChI is InChI=1S/C26H20ClN5O2/c27-22-9-5-4-8-19(22)23-21-13-32(25(33)34-14-17-6-2-1-3-7-17)11-10-18(21)20(12-28)24(31)26(23,15-29)16-30/h1-10,21,23H,11,13-14,31H2/t21-,23+/m1/s1. The summed E-state index contributed by atoms with van der Waals surface area (Å²) in [5, 5.41) is 30.5. The number of nitriles is 3. The van der Waals surface area contributed by atoms with Crippen LogP contribution < -0.4 is 5.73 Å². The lowest BCUT2D eigenvalue weighted by Gasteiger charge is -2.45. The number of rotatable bonds is 3. The van der Waals surface area contributed by atoms with Gasteiger partial charge in [-0.1, -0.05) is 66.2 Å². The molecule has 4 rings (SSSR count). The quantitative estimate of drug-likeness (QED) is 0.709. The Morgan fingerprint density at radius 3 is 2.44 bits per heavy atom. The van der Waals surface area contributed by atoms with Crippen molar-refractivity contribution >= 4 is 17.7 Å². The molecule has 2 aromatic rings. The summed E-state index contributed by atoms with van der Waals surface area (Å²) in [7, 11) is 0. The van der Waals surface area contributed by atoms with Crippen molar-refractivity contribution in [2.75, 3.05) is 13.1 Å². The highest BCUT2D eigenvalue weighted by atomic mass is 35.5. The number of nitrogens with zero attached hydrogens (tertiary/aromatic N) is 4. The van der Waals surface area contributed by atoms with E-state index < -0.39 is 23.3 Å². The van der Waals surface area contributed by atoms with E-state index in [1.54, 1.807) is 30.3 Å². The lowest BCUT2D eigenvalue weighted by Crippen LogP contribution is -2.49. The van der Waals surface area contributed by atoms with Gasteiger partial charge in [0, 0.05) is 29.9 Å². The number of halogens is 1. The summed E-state index contributed by atoms with van der Waals surface area (Å²) in [5.74, 6) is -1.34. The number of amides is 1. The Balaban J connectivity index is 1.75. The zero-order chi connectivity index (χ0) is 24.3. The first-order chi connectivity index (χ1) is 16.5. The largest absolute Gasteiger partial charge is 0.445 e. The Kier molecular flexibility index (Phi) is 6.28. The van der Waals surface area contributed by atoms with E-state index in [2.05, 4.69) is 18.2 Å². The fourth-order valence-corrected chi connectivity index (χ4v) is 4.96. The van der Waals surface area contributed by atoms with E-state index in [-0.39, 0.29) is 31.0 Å². The minimum absolute atomic E-state index is 0.0903. The number of fused-ring (bicyclic) bond motifs is 1. The fourth-order valence-electron chi connectivity index (χ4n) is 4.71. The molecular formula is C26H20ClN5O2. The maximum atomic E-state index is 12.9. The molecule has 0 unspecified atom stereocenters. The minimum atomic E-state index is -1.82. The molecule has 2 atom stereocenters. The number of benzene rings is 2. The van der Waals surface area contributed by atoms with Gasteiger partial charge in [-0.05, 0) is 22.8 Å². The third kappa shape index (κ3) is 3.75. The van der Waals surface area contributed by atoms with Gasteiger partial charge >= 0.3 is 6.09 Å². The first kappa shape index (κ1) is 22.9. The molecule has 168 valence electrons. The average Bonchev–Trinajstić information content (AvgIpc) is 2.87. The van der Waals surface area contributed by atoms with Crippen molar-refractivity contribution in [1.82, 2.24) is 4.90 Å². The van der Waals surface area contributed by atoms with Crippen LogP contribution in [0.4, 0.5) is 4.79 Å². The van der Waals surface area contributed by atoms with E-state index in [0.29, 0.717) is 16.2 Å². The summed E-state index contributed by atoms with van der Waals surface area (Å²) in [6.45, 7) is 0.458. The van der Waals surface area contributed by atoms with Crippen LogP contribution in [0.15, 0.2) is 77.5 Å². The van der Waals surface area contributed by atoms with Gasteiger partial charge in [-0.15, -0.1) is 0 Å². The summed E-state index contributed by atoms with van der Waals surface area (Å²) < 4.78 is 5.49.